The Balaban J connectivity index is 2.28. The minimum atomic E-state index is -0.460. The summed E-state index contributed by atoms with van der Waals surface area (Å²) >= 11 is 0. The summed E-state index contributed by atoms with van der Waals surface area (Å²) in [7, 11) is 3.21. The fraction of sp³-hybridized carbons (Fsp3) is 0.286. The zero-order chi connectivity index (χ0) is 20.4. The van der Waals surface area contributed by atoms with E-state index in [2.05, 4.69) is 10.3 Å². The van der Waals surface area contributed by atoms with Gasteiger partial charge in [0.2, 0.25) is 0 Å². The predicted octanol–water partition coefficient (Wildman–Crippen LogP) is 2.58. The molecule has 3 aromatic rings. The van der Waals surface area contributed by atoms with Gasteiger partial charge in [-0.05, 0) is 12.0 Å². The van der Waals surface area contributed by atoms with Crippen molar-refractivity contribution in [1.29, 1.82) is 0 Å². The molecule has 0 spiro atoms. The van der Waals surface area contributed by atoms with Crippen LogP contribution < -0.4 is 21.3 Å². The molecule has 3 N–H and O–H groups in total. The van der Waals surface area contributed by atoms with Crippen LogP contribution in [-0.2, 0) is 7.05 Å². The fourth-order valence-corrected chi connectivity index (χ4v) is 3.23. The van der Waals surface area contributed by atoms with Crippen LogP contribution in [0.1, 0.15) is 24.2 Å². The van der Waals surface area contributed by atoms with E-state index in [0.717, 1.165) is 11.1 Å². The fourth-order valence-electron chi connectivity index (χ4n) is 3.23. The van der Waals surface area contributed by atoms with Gasteiger partial charge in [-0.25, -0.2) is 0 Å². The van der Waals surface area contributed by atoms with E-state index in [1.165, 1.54) is 4.57 Å². The molecule has 1 aromatic carbocycles. The SMILES string of the molecule is COc1ccncc1-c1cccc2c(N)c(C(=O)NCC(C)C)c(=O)n(C)c12. The normalized spacial score (nSPS) is 11.0. The number of amides is 1. The molecule has 3 rings (SSSR count). The Morgan fingerprint density at radius 1 is 1.29 bits per heavy atom. The van der Waals surface area contributed by atoms with Gasteiger partial charge in [0.15, 0.2) is 0 Å². The first-order chi connectivity index (χ1) is 13.4. The molecular weight excluding hydrogens is 356 g/mol. The van der Waals surface area contributed by atoms with Gasteiger partial charge in [-0.3, -0.25) is 14.6 Å². The van der Waals surface area contributed by atoms with Crippen molar-refractivity contribution in [3.05, 3.63) is 52.6 Å². The van der Waals surface area contributed by atoms with Gasteiger partial charge < -0.3 is 20.4 Å². The van der Waals surface area contributed by atoms with E-state index >= 15 is 0 Å². The number of pyridine rings is 2. The zero-order valence-electron chi connectivity index (χ0n) is 16.4. The van der Waals surface area contributed by atoms with E-state index in [1.54, 1.807) is 38.7 Å². The van der Waals surface area contributed by atoms with Crippen LogP contribution in [0.5, 0.6) is 5.75 Å². The van der Waals surface area contributed by atoms with Gasteiger partial charge in [0.05, 0.1) is 18.3 Å². The Labute approximate surface area is 163 Å². The highest BCUT2D eigenvalue weighted by atomic mass is 16.5. The van der Waals surface area contributed by atoms with Crippen molar-refractivity contribution in [2.75, 3.05) is 19.4 Å². The Morgan fingerprint density at radius 3 is 2.71 bits per heavy atom. The third-order valence-electron chi connectivity index (χ3n) is 4.64. The number of para-hydroxylation sites is 1. The van der Waals surface area contributed by atoms with Crippen LogP contribution in [0.3, 0.4) is 0 Å². The van der Waals surface area contributed by atoms with Gasteiger partial charge in [0.25, 0.3) is 11.5 Å². The Kier molecular flexibility index (Phi) is 5.35. The molecule has 0 saturated heterocycles. The maximum Gasteiger partial charge on any atom is 0.265 e. The Morgan fingerprint density at radius 2 is 2.04 bits per heavy atom. The lowest BCUT2D eigenvalue weighted by molar-refractivity contribution is 0.0948. The van der Waals surface area contributed by atoms with Crippen molar-refractivity contribution < 1.29 is 9.53 Å². The number of benzene rings is 1. The number of aryl methyl sites for hydroxylation is 1. The van der Waals surface area contributed by atoms with E-state index in [-0.39, 0.29) is 17.2 Å². The lowest BCUT2D eigenvalue weighted by Crippen LogP contribution is -2.35. The molecule has 2 heterocycles. The molecule has 0 radical (unpaired) electrons. The number of rotatable bonds is 5. The maximum absolute atomic E-state index is 13.0. The van der Waals surface area contributed by atoms with Crippen LogP contribution in [0.4, 0.5) is 5.69 Å². The molecule has 0 aliphatic rings. The summed E-state index contributed by atoms with van der Waals surface area (Å²) in [4.78, 5) is 29.8. The number of hydrogen-bond acceptors (Lipinski definition) is 5. The molecule has 28 heavy (non-hydrogen) atoms. The van der Waals surface area contributed by atoms with E-state index < -0.39 is 11.5 Å². The van der Waals surface area contributed by atoms with Gasteiger partial charge >= 0.3 is 0 Å². The van der Waals surface area contributed by atoms with Gasteiger partial charge in [-0.2, -0.15) is 0 Å². The summed E-state index contributed by atoms with van der Waals surface area (Å²) in [6.45, 7) is 4.43. The lowest BCUT2D eigenvalue weighted by Gasteiger charge is -2.17. The molecular formula is C21H24N4O3. The number of hydrogen-bond donors (Lipinski definition) is 2. The minimum absolute atomic E-state index is 0.0362. The first kappa shape index (κ1) is 19.4. The van der Waals surface area contributed by atoms with Crippen molar-refractivity contribution in [1.82, 2.24) is 14.9 Å². The summed E-state index contributed by atoms with van der Waals surface area (Å²) in [5, 5.41) is 3.40. The van der Waals surface area contributed by atoms with Crippen molar-refractivity contribution in [2.45, 2.75) is 13.8 Å². The number of nitrogens with two attached hydrogens (primary N) is 1. The number of ether oxygens (including phenoxy) is 1. The average Bonchev–Trinajstić information content (AvgIpc) is 2.70. The van der Waals surface area contributed by atoms with Gasteiger partial charge in [-0.15, -0.1) is 0 Å². The average molecular weight is 380 g/mol. The summed E-state index contributed by atoms with van der Waals surface area (Å²) < 4.78 is 6.90. The summed E-state index contributed by atoms with van der Waals surface area (Å²) in [6.07, 6.45) is 3.32. The van der Waals surface area contributed by atoms with Crippen LogP contribution in [0.2, 0.25) is 0 Å². The summed E-state index contributed by atoms with van der Waals surface area (Å²) in [5.74, 6) is 0.435. The van der Waals surface area contributed by atoms with Gasteiger partial charge in [0, 0.05) is 42.5 Å². The molecule has 2 aromatic heterocycles. The predicted molar refractivity (Wildman–Crippen MR) is 111 cm³/mol. The standard InChI is InChI=1S/C21H24N4O3/c1-12(2)10-24-20(26)17-18(22)14-7-5-6-13(19(14)25(3)21(17)27)15-11-23-9-8-16(15)28-4/h5-9,11-12H,10,22H2,1-4H3,(H,24,26). The molecule has 7 nitrogen and oxygen atoms in total. The molecule has 0 bridgehead atoms. The highest BCUT2D eigenvalue weighted by molar-refractivity contribution is 6.09. The second-order valence-electron chi connectivity index (χ2n) is 7.03. The number of aromatic nitrogens is 2. The van der Waals surface area contributed by atoms with Gasteiger partial charge in [0.1, 0.15) is 11.3 Å². The largest absolute Gasteiger partial charge is 0.496 e. The molecule has 0 unspecified atom stereocenters. The van der Waals surface area contributed by atoms with E-state index in [1.807, 2.05) is 26.0 Å². The molecule has 0 fully saturated rings. The number of nitrogens with one attached hydrogen (secondary N) is 1. The molecule has 0 aliphatic heterocycles. The topological polar surface area (TPSA) is 99.2 Å². The van der Waals surface area contributed by atoms with Crippen LogP contribution in [0.25, 0.3) is 22.0 Å². The summed E-state index contributed by atoms with van der Waals surface area (Å²) in [5.41, 5.74) is 8.10. The van der Waals surface area contributed by atoms with Crippen LogP contribution >= 0.6 is 0 Å². The Bertz CT molecular complexity index is 1100. The van der Waals surface area contributed by atoms with Crippen LogP contribution in [0.15, 0.2) is 41.5 Å². The lowest BCUT2D eigenvalue weighted by atomic mass is 9.99. The second-order valence-corrected chi connectivity index (χ2v) is 7.03. The van der Waals surface area contributed by atoms with E-state index in [9.17, 15) is 9.59 Å². The number of methoxy groups -OCH3 is 1. The maximum atomic E-state index is 13.0. The monoisotopic (exact) mass is 380 g/mol. The van der Waals surface area contributed by atoms with Crippen LogP contribution in [0, 0.1) is 5.92 Å². The first-order valence-corrected chi connectivity index (χ1v) is 9.04. The second kappa shape index (κ2) is 7.72. The first-order valence-electron chi connectivity index (χ1n) is 9.04. The van der Waals surface area contributed by atoms with Crippen molar-refractivity contribution in [2.24, 2.45) is 13.0 Å². The number of fused-ring (bicyclic) bond motifs is 1. The van der Waals surface area contributed by atoms with Crippen molar-refractivity contribution in [3.63, 3.8) is 0 Å². The van der Waals surface area contributed by atoms with E-state index in [4.69, 9.17) is 10.5 Å². The third-order valence-corrected chi connectivity index (χ3v) is 4.64. The van der Waals surface area contributed by atoms with E-state index in [0.29, 0.717) is 23.2 Å². The van der Waals surface area contributed by atoms with Crippen molar-refractivity contribution >= 4 is 22.5 Å². The molecule has 0 aliphatic carbocycles. The number of carbonyl (C=O) groups is 1. The highest BCUT2D eigenvalue weighted by Crippen LogP contribution is 2.35. The zero-order valence-corrected chi connectivity index (χ0v) is 16.4. The van der Waals surface area contributed by atoms with Gasteiger partial charge in [-0.1, -0.05) is 32.0 Å². The Hall–Kier alpha value is -3.35. The van der Waals surface area contributed by atoms with Crippen LogP contribution in [-0.4, -0.2) is 29.1 Å². The molecule has 1 amide bonds. The molecule has 0 saturated carbocycles. The number of nitrogens with zero attached hydrogens (tertiary/aromatic N) is 2. The number of carbonyl (C=O) groups excluding carboxylic acids is 1. The smallest absolute Gasteiger partial charge is 0.265 e. The molecule has 0 atom stereocenters. The highest BCUT2D eigenvalue weighted by Gasteiger charge is 2.22. The quantitative estimate of drug-likeness (QED) is 0.709. The van der Waals surface area contributed by atoms with Crippen molar-refractivity contribution in [3.8, 4) is 16.9 Å². The summed E-state index contributed by atoms with van der Waals surface area (Å²) in [6, 6.07) is 7.26. The molecule has 7 heteroatoms. The number of nitrogen functional groups attached to an aromatic ring is 1. The third kappa shape index (κ3) is 3.31. The molecule has 146 valence electrons. The number of anilines is 1. The minimum Gasteiger partial charge on any atom is -0.496 e.